The average molecular weight is 357 g/mol. The van der Waals surface area contributed by atoms with Crippen molar-refractivity contribution in [3.8, 4) is 5.69 Å². The Balaban J connectivity index is 1.72. The van der Waals surface area contributed by atoms with Crippen LogP contribution in [0.4, 0.5) is 8.78 Å². The molecule has 1 fully saturated rings. The van der Waals surface area contributed by atoms with E-state index in [1.54, 1.807) is 35.1 Å². The number of nitrogens with zero attached hydrogens (tertiary/aromatic N) is 2. The van der Waals surface area contributed by atoms with Crippen LogP contribution in [0.25, 0.3) is 16.6 Å². The van der Waals surface area contributed by atoms with Crippen LogP contribution < -0.4 is 11.1 Å². The van der Waals surface area contributed by atoms with Crippen molar-refractivity contribution in [2.75, 3.05) is 13.1 Å². The maximum atomic E-state index is 14.3. The van der Waals surface area contributed by atoms with Crippen LogP contribution in [0.3, 0.4) is 0 Å². The minimum atomic E-state index is -3.10. The summed E-state index contributed by atoms with van der Waals surface area (Å²) >= 11 is 0. The lowest BCUT2D eigenvalue weighted by Gasteiger charge is -2.32. The predicted octanol–water partition coefficient (Wildman–Crippen LogP) is 2.84. The van der Waals surface area contributed by atoms with E-state index < -0.39 is 17.7 Å². The van der Waals surface area contributed by atoms with Gasteiger partial charge in [-0.15, -0.1) is 0 Å². The van der Waals surface area contributed by atoms with Gasteiger partial charge in [-0.25, -0.2) is 13.5 Å². The standard InChI is InChI=1S/C19H18F2N4O/c20-19(21)8-9-23-10-16(19)12-4-6-14(7-5-12)25-11-13-2-1-3-15(18(22)26)17(13)24-25/h1-7,11,16,23H,8-10H2,(H2,22,26)/t16-/m1/s1/i16D. The van der Waals surface area contributed by atoms with Gasteiger partial charge < -0.3 is 11.1 Å². The molecule has 2 heterocycles. The molecule has 4 rings (SSSR count). The molecule has 0 aliphatic carbocycles. The summed E-state index contributed by atoms with van der Waals surface area (Å²) in [5.41, 5.74) is 7.07. The summed E-state index contributed by atoms with van der Waals surface area (Å²) in [7, 11) is 0. The molecule has 1 saturated heterocycles. The first-order valence-corrected chi connectivity index (χ1v) is 8.29. The van der Waals surface area contributed by atoms with Gasteiger partial charge in [-0.2, -0.15) is 5.10 Å². The highest BCUT2D eigenvalue weighted by molar-refractivity contribution is 6.04. The zero-order chi connectivity index (χ0) is 19.2. The number of hydrogen-bond donors (Lipinski definition) is 2. The third kappa shape index (κ3) is 2.84. The van der Waals surface area contributed by atoms with Crippen LogP contribution in [-0.4, -0.2) is 34.7 Å². The first-order chi connectivity index (χ1) is 12.8. The summed E-state index contributed by atoms with van der Waals surface area (Å²) in [6.45, 7) is 0.0980. The Morgan fingerprint density at radius 2 is 2.08 bits per heavy atom. The SMILES string of the molecule is [2H][C@]1(c2ccc(-n3cc4cccc(C(N)=O)c4n3)cc2)CNCCC1(F)F. The Morgan fingerprint density at radius 1 is 1.31 bits per heavy atom. The van der Waals surface area contributed by atoms with Gasteiger partial charge in [-0.05, 0) is 23.8 Å². The summed E-state index contributed by atoms with van der Waals surface area (Å²) in [5.74, 6) is -5.67. The lowest BCUT2D eigenvalue weighted by Crippen LogP contribution is -2.42. The molecule has 26 heavy (non-hydrogen) atoms. The Morgan fingerprint density at radius 3 is 2.77 bits per heavy atom. The predicted molar refractivity (Wildman–Crippen MR) is 94.8 cm³/mol. The Labute approximate surface area is 150 Å². The average Bonchev–Trinajstić information content (AvgIpc) is 3.08. The molecule has 0 unspecified atom stereocenters. The van der Waals surface area contributed by atoms with Crippen molar-refractivity contribution in [3.63, 3.8) is 0 Å². The molecule has 1 aromatic heterocycles. The number of nitrogens with two attached hydrogens (primary N) is 1. The number of aromatic nitrogens is 2. The van der Waals surface area contributed by atoms with Gasteiger partial charge in [0.25, 0.3) is 11.8 Å². The van der Waals surface area contributed by atoms with E-state index in [0.717, 1.165) is 5.39 Å². The smallest absolute Gasteiger partial charge is 0.257 e. The number of fused-ring (bicyclic) bond motifs is 1. The molecular formula is C19H18F2N4O. The second-order valence-corrected chi connectivity index (χ2v) is 6.34. The maximum Gasteiger partial charge on any atom is 0.257 e. The fraction of sp³-hybridized carbons (Fsp3) is 0.263. The second-order valence-electron chi connectivity index (χ2n) is 6.34. The second kappa shape index (κ2) is 6.17. The molecule has 1 atom stereocenters. The number of carbonyl (C=O) groups is 1. The van der Waals surface area contributed by atoms with E-state index in [1.165, 1.54) is 12.1 Å². The topological polar surface area (TPSA) is 72.9 Å². The number of carbonyl (C=O) groups excluding carboxylic acids is 1. The van der Waals surface area contributed by atoms with Gasteiger partial charge in [-0.1, -0.05) is 24.3 Å². The van der Waals surface area contributed by atoms with Crippen LogP contribution in [0.2, 0.25) is 0 Å². The zero-order valence-electron chi connectivity index (χ0n) is 14.9. The van der Waals surface area contributed by atoms with Crippen LogP contribution >= 0.6 is 0 Å². The molecule has 0 radical (unpaired) electrons. The van der Waals surface area contributed by atoms with Crippen LogP contribution in [0, 0.1) is 0 Å². The molecule has 5 nitrogen and oxygen atoms in total. The molecular weight excluding hydrogens is 338 g/mol. The van der Waals surface area contributed by atoms with E-state index >= 15 is 0 Å². The lowest BCUT2D eigenvalue weighted by atomic mass is 9.88. The molecule has 2 aromatic carbocycles. The van der Waals surface area contributed by atoms with Gasteiger partial charge in [0, 0.05) is 32.5 Å². The minimum absolute atomic E-state index is 0.104. The third-order valence-corrected chi connectivity index (χ3v) is 4.64. The van der Waals surface area contributed by atoms with Gasteiger partial charge in [0.05, 0.1) is 17.1 Å². The number of halogens is 2. The summed E-state index contributed by atoms with van der Waals surface area (Å²) in [5, 5.41) is 8.03. The van der Waals surface area contributed by atoms with Crippen molar-refractivity contribution in [3.05, 3.63) is 59.8 Å². The molecule has 0 spiro atoms. The van der Waals surface area contributed by atoms with E-state index in [9.17, 15) is 13.6 Å². The normalized spacial score (nSPS) is 22.9. The zero-order valence-corrected chi connectivity index (χ0v) is 13.9. The first-order valence-electron chi connectivity index (χ1n) is 8.79. The van der Waals surface area contributed by atoms with Gasteiger partial charge in [0.1, 0.15) is 5.52 Å². The molecule has 1 aliphatic rings. The van der Waals surface area contributed by atoms with Gasteiger partial charge in [0.2, 0.25) is 0 Å². The van der Waals surface area contributed by atoms with Crippen molar-refractivity contribution < 1.29 is 14.9 Å². The van der Waals surface area contributed by atoms with Crippen molar-refractivity contribution in [2.24, 2.45) is 5.73 Å². The van der Waals surface area contributed by atoms with Gasteiger partial charge >= 0.3 is 0 Å². The number of rotatable bonds is 3. The fourth-order valence-electron chi connectivity index (χ4n) is 3.24. The number of benzene rings is 2. The first kappa shape index (κ1) is 15.5. The fourth-order valence-corrected chi connectivity index (χ4v) is 3.24. The number of primary amides is 1. The third-order valence-electron chi connectivity index (χ3n) is 4.64. The van der Waals surface area contributed by atoms with Crippen molar-refractivity contribution in [2.45, 2.75) is 18.2 Å². The number of alkyl halides is 2. The summed E-state index contributed by atoms with van der Waals surface area (Å²) in [6, 6.07) is 11.5. The molecule has 3 aromatic rings. The Bertz CT molecular complexity index is 1020. The molecule has 0 saturated carbocycles. The van der Waals surface area contributed by atoms with E-state index in [-0.39, 0.29) is 25.1 Å². The van der Waals surface area contributed by atoms with E-state index in [2.05, 4.69) is 10.4 Å². The Kier molecular flexibility index (Phi) is 3.67. The van der Waals surface area contributed by atoms with Gasteiger partial charge in [0.15, 0.2) is 0 Å². The summed E-state index contributed by atoms with van der Waals surface area (Å²) < 4.78 is 38.5. The summed E-state index contributed by atoms with van der Waals surface area (Å²) in [6.07, 6.45) is 1.38. The van der Waals surface area contributed by atoms with Crippen molar-refractivity contribution in [1.82, 2.24) is 15.1 Å². The minimum Gasteiger partial charge on any atom is -0.366 e. The number of hydrogen-bond acceptors (Lipinski definition) is 3. The molecule has 1 amide bonds. The van der Waals surface area contributed by atoms with Crippen molar-refractivity contribution >= 4 is 16.8 Å². The highest BCUT2D eigenvalue weighted by Crippen LogP contribution is 2.38. The van der Waals surface area contributed by atoms with Crippen LogP contribution in [0.5, 0.6) is 0 Å². The lowest BCUT2D eigenvalue weighted by molar-refractivity contribution is -0.0479. The van der Waals surface area contributed by atoms with Crippen LogP contribution in [0.15, 0.2) is 48.7 Å². The van der Waals surface area contributed by atoms with Crippen LogP contribution in [-0.2, 0) is 0 Å². The number of nitrogens with one attached hydrogen (secondary N) is 1. The maximum absolute atomic E-state index is 14.3. The highest BCUT2D eigenvalue weighted by Gasteiger charge is 2.42. The molecule has 1 aliphatic heterocycles. The highest BCUT2D eigenvalue weighted by atomic mass is 19.3. The Hall–Kier alpha value is -2.80. The number of amides is 1. The van der Waals surface area contributed by atoms with Gasteiger partial charge in [-0.3, -0.25) is 4.79 Å². The van der Waals surface area contributed by atoms with E-state index in [4.69, 9.17) is 7.10 Å². The molecule has 7 heteroatoms. The number of piperidine rings is 1. The largest absolute Gasteiger partial charge is 0.366 e. The monoisotopic (exact) mass is 357 g/mol. The van der Waals surface area contributed by atoms with Crippen molar-refractivity contribution in [1.29, 1.82) is 0 Å². The summed E-state index contributed by atoms with van der Waals surface area (Å²) in [4.78, 5) is 11.6. The van der Waals surface area contributed by atoms with E-state index in [1.807, 2.05) is 6.07 Å². The molecule has 0 bridgehead atoms. The quantitative estimate of drug-likeness (QED) is 0.757. The molecule has 3 N–H and O–H groups in total. The molecule has 134 valence electrons. The van der Waals surface area contributed by atoms with Crippen LogP contribution in [0.1, 0.15) is 29.6 Å². The van der Waals surface area contributed by atoms with E-state index in [0.29, 0.717) is 16.8 Å².